The van der Waals surface area contributed by atoms with Crippen molar-refractivity contribution in [3.05, 3.63) is 30.1 Å². The molecular formula is C13H16N2O. The van der Waals surface area contributed by atoms with E-state index in [0.717, 1.165) is 35.9 Å². The van der Waals surface area contributed by atoms with E-state index in [9.17, 15) is 4.79 Å². The van der Waals surface area contributed by atoms with Gasteiger partial charge >= 0.3 is 0 Å². The van der Waals surface area contributed by atoms with E-state index < -0.39 is 0 Å². The van der Waals surface area contributed by atoms with E-state index in [1.54, 1.807) is 12.4 Å². The molecule has 0 spiro atoms. The highest BCUT2D eigenvalue weighted by Gasteiger charge is 2.11. The number of aromatic nitrogens is 2. The predicted octanol–water partition coefficient (Wildman–Crippen LogP) is 3.33. The van der Waals surface area contributed by atoms with Gasteiger partial charge in [-0.05, 0) is 18.6 Å². The third-order valence-corrected chi connectivity index (χ3v) is 2.76. The molecule has 0 aromatic carbocycles. The topological polar surface area (TPSA) is 45.8 Å². The van der Waals surface area contributed by atoms with Crippen molar-refractivity contribution in [1.29, 1.82) is 0 Å². The second-order valence-corrected chi connectivity index (χ2v) is 3.98. The number of nitrogens with one attached hydrogen (secondary N) is 1. The first-order valence-corrected chi connectivity index (χ1v) is 5.78. The third kappa shape index (κ3) is 2.13. The maximum atomic E-state index is 11.9. The molecule has 0 aliphatic carbocycles. The SMILES string of the molecule is CCCCCC(=O)c1c[nH]c2ncccc12. The number of Topliss-reactive ketones (excluding diaryl/α,β-unsaturated/α-hetero) is 1. The zero-order valence-corrected chi connectivity index (χ0v) is 9.49. The molecule has 0 saturated heterocycles. The molecule has 0 unspecified atom stereocenters. The van der Waals surface area contributed by atoms with Crippen LogP contribution in [0.2, 0.25) is 0 Å². The van der Waals surface area contributed by atoms with Crippen LogP contribution in [0.25, 0.3) is 11.0 Å². The molecule has 0 aliphatic heterocycles. The number of H-pyrrole nitrogens is 1. The molecule has 16 heavy (non-hydrogen) atoms. The zero-order chi connectivity index (χ0) is 11.4. The first-order chi connectivity index (χ1) is 7.83. The monoisotopic (exact) mass is 216 g/mol. The summed E-state index contributed by atoms with van der Waals surface area (Å²) in [5.74, 6) is 0.215. The summed E-state index contributed by atoms with van der Waals surface area (Å²) in [5, 5.41) is 0.934. The fourth-order valence-electron chi connectivity index (χ4n) is 1.86. The van der Waals surface area contributed by atoms with Crippen molar-refractivity contribution in [2.24, 2.45) is 0 Å². The number of nitrogens with zero attached hydrogens (tertiary/aromatic N) is 1. The molecule has 0 aliphatic rings. The third-order valence-electron chi connectivity index (χ3n) is 2.76. The van der Waals surface area contributed by atoms with Gasteiger partial charge in [0.15, 0.2) is 5.78 Å². The number of ketones is 1. The summed E-state index contributed by atoms with van der Waals surface area (Å²) in [5.41, 5.74) is 1.57. The van der Waals surface area contributed by atoms with Gasteiger partial charge in [0.2, 0.25) is 0 Å². The molecule has 0 amide bonds. The van der Waals surface area contributed by atoms with Gasteiger partial charge in [-0.15, -0.1) is 0 Å². The summed E-state index contributed by atoms with van der Waals surface area (Å²) in [6, 6.07) is 3.80. The Morgan fingerprint density at radius 3 is 3.12 bits per heavy atom. The Labute approximate surface area is 94.9 Å². The van der Waals surface area contributed by atoms with Gasteiger partial charge in [-0.25, -0.2) is 4.98 Å². The Balaban J connectivity index is 2.17. The van der Waals surface area contributed by atoms with Crippen LogP contribution >= 0.6 is 0 Å². The van der Waals surface area contributed by atoms with Crippen LogP contribution in [-0.2, 0) is 0 Å². The van der Waals surface area contributed by atoms with Crippen LogP contribution in [0.3, 0.4) is 0 Å². The number of hydrogen-bond acceptors (Lipinski definition) is 2. The van der Waals surface area contributed by atoms with Crippen molar-refractivity contribution in [3.8, 4) is 0 Å². The minimum atomic E-state index is 0.215. The Hall–Kier alpha value is -1.64. The highest BCUT2D eigenvalue weighted by atomic mass is 16.1. The molecule has 2 aromatic heterocycles. The molecule has 3 heteroatoms. The molecule has 2 heterocycles. The lowest BCUT2D eigenvalue weighted by atomic mass is 10.1. The van der Waals surface area contributed by atoms with Gasteiger partial charge < -0.3 is 4.98 Å². The molecule has 2 rings (SSSR count). The van der Waals surface area contributed by atoms with E-state index in [4.69, 9.17) is 0 Å². The fourth-order valence-corrected chi connectivity index (χ4v) is 1.86. The first-order valence-electron chi connectivity index (χ1n) is 5.78. The normalized spacial score (nSPS) is 10.8. The van der Waals surface area contributed by atoms with Crippen molar-refractivity contribution in [2.45, 2.75) is 32.6 Å². The average molecular weight is 216 g/mol. The van der Waals surface area contributed by atoms with E-state index in [0.29, 0.717) is 6.42 Å². The quantitative estimate of drug-likeness (QED) is 0.615. The van der Waals surface area contributed by atoms with Crippen molar-refractivity contribution in [1.82, 2.24) is 9.97 Å². The van der Waals surface area contributed by atoms with Crippen LogP contribution in [0.1, 0.15) is 43.0 Å². The summed E-state index contributed by atoms with van der Waals surface area (Å²) in [6.45, 7) is 2.14. The van der Waals surface area contributed by atoms with Crippen LogP contribution in [-0.4, -0.2) is 15.8 Å². The summed E-state index contributed by atoms with van der Waals surface area (Å²) >= 11 is 0. The average Bonchev–Trinajstić information content (AvgIpc) is 2.73. The maximum absolute atomic E-state index is 11.9. The fraction of sp³-hybridized carbons (Fsp3) is 0.385. The Bertz CT molecular complexity index is 487. The van der Waals surface area contributed by atoms with Crippen LogP contribution in [0, 0.1) is 0 Å². The van der Waals surface area contributed by atoms with Gasteiger partial charge in [-0.2, -0.15) is 0 Å². The second-order valence-electron chi connectivity index (χ2n) is 3.98. The minimum absolute atomic E-state index is 0.215. The largest absolute Gasteiger partial charge is 0.345 e. The predicted molar refractivity (Wildman–Crippen MR) is 64.6 cm³/mol. The van der Waals surface area contributed by atoms with Gasteiger partial charge in [-0.3, -0.25) is 4.79 Å². The lowest BCUT2D eigenvalue weighted by Gasteiger charge is -1.98. The molecule has 84 valence electrons. The van der Waals surface area contributed by atoms with Crippen molar-refractivity contribution in [3.63, 3.8) is 0 Å². The van der Waals surface area contributed by atoms with E-state index in [1.165, 1.54) is 0 Å². The van der Waals surface area contributed by atoms with Crippen molar-refractivity contribution < 1.29 is 4.79 Å². The molecule has 3 nitrogen and oxygen atoms in total. The minimum Gasteiger partial charge on any atom is -0.345 e. The number of unbranched alkanes of at least 4 members (excludes halogenated alkanes) is 2. The standard InChI is InChI=1S/C13H16N2O/c1-2-3-4-7-12(16)11-9-15-13-10(11)6-5-8-14-13/h5-6,8-9H,2-4,7H2,1H3,(H,14,15). The Morgan fingerprint density at radius 2 is 2.31 bits per heavy atom. The maximum Gasteiger partial charge on any atom is 0.165 e. The first kappa shape index (κ1) is 10.9. The summed E-state index contributed by atoms with van der Waals surface area (Å²) < 4.78 is 0. The van der Waals surface area contributed by atoms with Crippen LogP contribution < -0.4 is 0 Å². The summed E-state index contributed by atoms with van der Waals surface area (Å²) in [7, 11) is 0. The van der Waals surface area contributed by atoms with E-state index in [1.807, 2.05) is 12.1 Å². The number of hydrogen-bond donors (Lipinski definition) is 1. The Kier molecular flexibility index (Phi) is 3.34. The number of pyridine rings is 1. The molecule has 1 N–H and O–H groups in total. The second kappa shape index (κ2) is 4.92. The molecule has 0 bridgehead atoms. The van der Waals surface area contributed by atoms with Crippen molar-refractivity contribution in [2.75, 3.05) is 0 Å². The van der Waals surface area contributed by atoms with Gasteiger partial charge in [0, 0.05) is 29.8 Å². The Morgan fingerprint density at radius 1 is 1.44 bits per heavy atom. The number of rotatable bonds is 5. The van der Waals surface area contributed by atoms with Crippen molar-refractivity contribution >= 4 is 16.8 Å². The van der Waals surface area contributed by atoms with Crippen LogP contribution in [0.5, 0.6) is 0 Å². The van der Waals surface area contributed by atoms with Gasteiger partial charge in [0.1, 0.15) is 5.65 Å². The summed E-state index contributed by atoms with van der Waals surface area (Å²) in [4.78, 5) is 19.1. The number of fused-ring (bicyclic) bond motifs is 1. The lowest BCUT2D eigenvalue weighted by molar-refractivity contribution is 0.0981. The highest BCUT2D eigenvalue weighted by molar-refractivity contribution is 6.06. The number of carbonyl (C=O) groups excluding carboxylic acids is 1. The van der Waals surface area contributed by atoms with Crippen LogP contribution in [0.15, 0.2) is 24.5 Å². The molecule has 2 aromatic rings. The number of carbonyl (C=O) groups is 1. The smallest absolute Gasteiger partial charge is 0.165 e. The summed E-state index contributed by atoms with van der Waals surface area (Å²) in [6.07, 6.45) is 7.36. The van der Waals surface area contributed by atoms with Gasteiger partial charge in [0.25, 0.3) is 0 Å². The van der Waals surface area contributed by atoms with Gasteiger partial charge in [0.05, 0.1) is 0 Å². The molecular weight excluding hydrogens is 200 g/mol. The molecule has 0 saturated carbocycles. The number of aromatic amines is 1. The lowest BCUT2D eigenvalue weighted by Crippen LogP contribution is -1.97. The molecule has 0 radical (unpaired) electrons. The van der Waals surface area contributed by atoms with Crippen LogP contribution in [0.4, 0.5) is 0 Å². The molecule has 0 fully saturated rings. The van der Waals surface area contributed by atoms with E-state index >= 15 is 0 Å². The molecule has 0 atom stereocenters. The van der Waals surface area contributed by atoms with Gasteiger partial charge in [-0.1, -0.05) is 19.8 Å². The zero-order valence-electron chi connectivity index (χ0n) is 9.49. The van der Waals surface area contributed by atoms with E-state index in [2.05, 4.69) is 16.9 Å². The highest BCUT2D eigenvalue weighted by Crippen LogP contribution is 2.18. The van der Waals surface area contributed by atoms with E-state index in [-0.39, 0.29) is 5.78 Å².